The number of rotatable bonds is 5. The number of aryl methyl sites for hydroxylation is 2. The molecule has 0 aliphatic heterocycles. The van der Waals surface area contributed by atoms with Gasteiger partial charge in [-0.15, -0.1) is 5.10 Å². The lowest BCUT2D eigenvalue weighted by Crippen LogP contribution is -2.20. The van der Waals surface area contributed by atoms with E-state index in [2.05, 4.69) is 41.4 Å². The standard InChI is InChI=1S/C12H10ClF3N10O2/c1-25-7(19-21-23-25)4-28-10-8(5(13)3-6(17-10)12(14,15)16)9(27)18-11-20-22-24-26(11)2/h3H,4H2,1-2H3,(H,18,20,24,27). The molecule has 0 atom stereocenters. The summed E-state index contributed by atoms with van der Waals surface area (Å²) in [5.74, 6) is -1.46. The minimum absolute atomic E-state index is 0.0654. The molecule has 0 aliphatic rings. The van der Waals surface area contributed by atoms with Crippen LogP contribution in [0.1, 0.15) is 21.9 Å². The Kier molecular flexibility index (Phi) is 5.08. The van der Waals surface area contributed by atoms with Crippen LogP contribution >= 0.6 is 11.6 Å². The number of hydrogen-bond acceptors (Lipinski definition) is 9. The number of aromatic nitrogens is 9. The Morgan fingerprint density at radius 1 is 1.21 bits per heavy atom. The van der Waals surface area contributed by atoms with E-state index < -0.39 is 34.2 Å². The number of amides is 1. The van der Waals surface area contributed by atoms with Crippen molar-refractivity contribution in [3.63, 3.8) is 0 Å². The van der Waals surface area contributed by atoms with Crippen LogP contribution in [-0.4, -0.2) is 51.3 Å². The Hall–Kier alpha value is -3.36. The maximum atomic E-state index is 13.1. The van der Waals surface area contributed by atoms with Crippen LogP contribution in [0.4, 0.5) is 19.1 Å². The summed E-state index contributed by atoms with van der Waals surface area (Å²) in [5, 5.41) is 22.8. The Bertz CT molecular complexity index is 1020. The van der Waals surface area contributed by atoms with E-state index in [4.69, 9.17) is 16.3 Å². The summed E-state index contributed by atoms with van der Waals surface area (Å²) in [7, 11) is 2.95. The first-order valence-corrected chi connectivity index (χ1v) is 7.70. The summed E-state index contributed by atoms with van der Waals surface area (Å²) in [5.41, 5.74) is -1.77. The lowest BCUT2D eigenvalue weighted by molar-refractivity contribution is -0.141. The molecule has 28 heavy (non-hydrogen) atoms. The van der Waals surface area contributed by atoms with Crippen molar-refractivity contribution < 1.29 is 22.7 Å². The molecular formula is C12H10ClF3N10O2. The highest BCUT2D eigenvalue weighted by molar-refractivity contribution is 6.34. The summed E-state index contributed by atoms with van der Waals surface area (Å²) in [6.07, 6.45) is -4.81. The Balaban J connectivity index is 1.97. The van der Waals surface area contributed by atoms with Crippen LogP contribution in [0, 0.1) is 0 Å². The van der Waals surface area contributed by atoms with Crippen LogP contribution in [0.25, 0.3) is 0 Å². The molecule has 3 rings (SSSR count). The third kappa shape index (κ3) is 3.98. The molecule has 1 N–H and O–H groups in total. The monoisotopic (exact) mass is 418 g/mol. The van der Waals surface area contributed by atoms with E-state index in [0.717, 1.165) is 4.68 Å². The number of halogens is 4. The average molecular weight is 419 g/mol. The molecule has 16 heteroatoms. The second kappa shape index (κ2) is 7.34. The van der Waals surface area contributed by atoms with Gasteiger partial charge >= 0.3 is 6.18 Å². The zero-order valence-corrected chi connectivity index (χ0v) is 14.9. The summed E-state index contributed by atoms with van der Waals surface area (Å²) in [6, 6.07) is 0.516. The molecular weight excluding hydrogens is 409 g/mol. The van der Waals surface area contributed by atoms with Crippen molar-refractivity contribution in [1.29, 1.82) is 0 Å². The number of hydrogen-bond donors (Lipinski definition) is 1. The molecule has 0 aromatic carbocycles. The first kappa shape index (κ1) is 19.4. The number of alkyl halides is 3. The van der Waals surface area contributed by atoms with Gasteiger partial charge in [0, 0.05) is 14.1 Å². The third-order valence-corrected chi connectivity index (χ3v) is 3.65. The van der Waals surface area contributed by atoms with E-state index in [1.165, 1.54) is 18.8 Å². The number of pyridine rings is 1. The molecule has 0 saturated heterocycles. The van der Waals surface area contributed by atoms with Crippen molar-refractivity contribution >= 4 is 23.5 Å². The quantitative estimate of drug-likeness (QED) is 0.632. The minimum atomic E-state index is -4.81. The summed E-state index contributed by atoms with van der Waals surface area (Å²) in [4.78, 5) is 15.9. The van der Waals surface area contributed by atoms with Gasteiger partial charge in [0.25, 0.3) is 5.91 Å². The van der Waals surface area contributed by atoms with Crippen molar-refractivity contribution in [3.05, 3.63) is 28.2 Å². The van der Waals surface area contributed by atoms with Gasteiger partial charge in [-0.2, -0.15) is 13.2 Å². The lowest BCUT2D eigenvalue weighted by Gasteiger charge is -2.14. The summed E-state index contributed by atoms with van der Waals surface area (Å²) >= 11 is 5.92. The largest absolute Gasteiger partial charge is 0.469 e. The molecule has 0 spiro atoms. The Labute approximate surface area is 158 Å². The lowest BCUT2D eigenvalue weighted by atomic mass is 10.2. The van der Waals surface area contributed by atoms with E-state index >= 15 is 0 Å². The topological polar surface area (TPSA) is 138 Å². The number of carbonyl (C=O) groups excluding carboxylic acids is 1. The summed E-state index contributed by atoms with van der Waals surface area (Å²) < 4.78 is 46.9. The van der Waals surface area contributed by atoms with Crippen LogP contribution in [0.15, 0.2) is 6.07 Å². The van der Waals surface area contributed by atoms with Crippen LogP contribution in [0.5, 0.6) is 5.88 Å². The molecule has 148 valence electrons. The molecule has 0 radical (unpaired) electrons. The van der Waals surface area contributed by atoms with Crippen molar-refractivity contribution in [1.82, 2.24) is 45.4 Å². The molecule has 3 aromatic rings. The van der Waals surface area contributed by atoms with Crippen LogP contribution in [0.2, 0.25) is 5.02 Å². The van der Waals surface area contributed by atoms with Crippen molar-refractivity contribution in [2.24, 2.45) is 14.1 Å². The van der Waals surface area contributed by atoms with Crippen LogP contribution < -0.4 is 10.1 Å². The number of nitrogens with zero attached hydrogens (tertiary/aromatic N) is 9. The van der Waals surface area contributed by atoms with E-state index in [1.807, 2.05) is 0 Å². The minimum Gasteiger partial charge on any atom is -0.469 e. The number of carbonyl (C=O) groups is 1. The smallest absolute Gasteiger partial charge is 0.433 e. The molecule has 0 fully saturated rings. The summed E-state index contributed by atoms with van der Waals surface area (Å²) in [6.45, 7) is -0.361. The Morgan fingerprint density at radius 2 is 1.89 bits per heavy atom. The van der Waals surface area contributed by atoms with Gasteiger partial charge in [0.1, 0.15) is 11.3 Å². The normalized spacial score (nSPS) is 11.5. The number of nitrogens with one attached hydrogen (secondary N) is 1. The number of tetrazole rings is 2. The average Bonchev–Trinajstić information content (AvgIpc) is 3.20. The SMILES string of the molecule is Cn1nnnc1COc1nc(C(F)(F)F)cc(Cl)c1C(=O)Nc1nnnn1C. The maximum absolute atomic E-state index is 13.1. The highest BCUT2D eigenvalue weighted by Crippen LogP contribution is 2.34. The van der Waals surface area contributed by atoms with Crippen molar-refractivity contribution in [2.45, 2.75) is 12.8 Å². The fourth-order valence-electron chi connectivity index (χ4n) is 1.95. The molecule has 0 bridgehead atoms. The molecule has 3 aromatic heterocycles. The van der Waals surface area contributed by atoms with Gasteiger partial charge in [0.15, 0.2) is 12.4 Å². The van der Waals surface area contributed by atoms with Gasteiger partial charge in [-0.3, -0.25) is 10.1 Å². The highest BCUT2D eigenvalue weighted by Gasteiger charge is 2.35. The first-order chi connectivity index (χ1) is 13.2. The molecule has 0 saturated carbocycles. The number of anilines is 1. The first-order valence-electron chi connectivity index (χ1n) is 7.32. The van der Waals surface area contributed by atoms with Gasteiger partial charge in [-0.05, 0) is 26.9 Å². The molecule has 0 aliphatic carbocycles. The van der Waals surface area contributed by atoms with Crippen LogP contribution in [-0.2, 0) is 26.9 Å². The zero-order chi connectivity index (χ0) is 20.5. The maximum Gasteiger partial charge on any atom is 0.433 e. The molecule has 0 unspecified atom stereocenters. The van der Waals surface area contributed by atoms with Crippen LogP contribution in [0.3, 0.4) is 0 Å². The van der Waals surface area contributed by atoms with Gasteiger partial charge in [0.05, 0.1) is 5.02 Å². The zero-order valence-electron chi connectivity index (χ0n) is 14.1. The predicted octanol–water partition coefficient (Wildman–Crippen LogP) is 0.632. The number of ether oxygens (including phenoxy) is 1. The van der Waals surface area contributed by atoms with Crippen molar-refractivity contribution in [3.8, 4) is 5.88 Å². The molecule has 3 heterocycles. The van der Waals surface area contributed by atoms with E-state index in [9.17, 15) is 18.0 Å². The fraction of sp³-hybridized carbons (Fsp3) is 0.333. The predicted molar refractivity (Wildman–Crippen MR) is 84.1 cm³/mol. The second-order valence-corrected chi connectivity index (χ2v) is 5.66. The van der Waals surface area contributed by atoms with Crippen molar-refractivity contribution in [2.75, 3.05) is 5.32 Å². The van der Waals surface area contributed by atoms with Gasteiger partial charge in [-0.1, -0.05) is 16.7 Å². The van der Waals surface area contributed by atoms with E-state index in [0.29, 0.717) is 6.07 Å². The molecule has 1 amide bonds. The van der Waals surface area contributed by atoms with E-state index in [-0.39, 0.29) is 18.4 Å². The van der Waals surface area contributed by atoms with Gasteiger partial charge in [0.2, 0.25) is 11.8 Å². The Morgan fingerprint density at radius 3 is 2.46 bits per heavy atom. The van der Waals surface area contributed by atoms with E-state index in [1.54, 1.807) is 0 Å². The van der Waals surface area contributed by atoms with Gasteiger partial charge in [-0.25, -0.2) is 14.3 Å². The fourth-order valence-corrected chi connectivity index (χ4v) is 2.22. The highest BCUT2D eigenvalue weighted by atomic mass is 35.5. The second-order valence-electron chi connectivity index (χ2n) is 5.25. The molecule has 12 nitrogen and oxygen atoms in total. The third-order valence-electron chi connectivity index (χ3n) is 3.35. The van der Waals surface area contributed by atoms with Gasteiger partial charge < -0.3 is 4.74 Å².